The fraction of sp³-hybridized carbons (Fsp3) is 0.900. The summed E-state index contributed by atoms with van der Waals surface area (Å²) in [6, 6.07) is 0. The van der Waals surface area contributed by atoms with Crippen LogP contribution in [0.25, 0.3) is 0 Å². The van der Waals surface area contributed by atoms with Gasteiger partial charge in [-0.05, 0) is 32.4 Å². The highest BCUT2D eigenvalue weighted by Gasteiger charge is 1.98. The molecule has 0 atom stereocenters. The molecular weight excluding hydrogens is 318 g/mol. The van der Waals surface area contributed by atoms with Gasteiger partial charge in [0.05, 0.1) is 0 Å². The van der Waals surface area contributed by atoms with Crippen LogP contribution in [0.2, 0.25) is 0 Å². The zero-order valence-electron chi connectivity index (χ0n) is 15.9. The van der Waals surface area contributed by atoms with Crippen molar-refractivity contribution in [3.05, 3.63) is 0 Å². The second kappa shape index (κ2) is 19.2. The van der Waals surface area contributed by atoms with Gasteiger partial charge in [0.25, 0.3) is 0 Å². The highest BCUT2D eigenvalue weighted by molar-refractivity contribution is 5.66. The Hall–Kier alpha value is -1.10. The lowest BCUT2D eigenvalue weighted by Gasteiger charge is -2.04. The molecule has 148 valence electrons. The lowest BCUT2D eigenvalue weighted by molar-refractivity contribution is -0.138. The lowest BCUT2D eigenvalue weighted by atomic mass is 10.0. The fourth-order valence-electron chi connectivity index (χ4n) is 2.96. The number of nitrogens with one attached hydrogen (secondary N) is 1. The maximum Gasteiger partial charge on any atom is 0.303 e. The van der Waals surface area contributed by atoms with Gasteiger partial charge >= 0.3 is 11.9 Å². The summed E-state index contributed by atoms with van der Waals surface area (Å²) < 4.78 is 0. The van der Waals surface area contributed by atoms with Crippen molar-refractivity contribution in [3.63, 3.8) is 0 Å². The normalized spacial score (nSPS) is 10.9. The van der Waals surface area contributed by atoms with Crippen molar-refractivity contribution in [2.24, 2.45) is 0 Å². The summed E-state index contributed by atoms with van der Waals surface area (Å²) in [5.74, 6) is -1.38. The third-order valence-corrected chi connectivity index (χ3v) is 4.49. The number of rotatable bonds is 20. The predicted molar refractivity (Wildman–Crippen MR) is 102 cm³/mol. The fourth-order valence-corrected chi connectivity index (χ4v) is 2.96. The van der Waals surface area contributed by atoms with Gasteiger partial charge < -0.3 is 15.5 Å². The first-order valence-corrected chi connectivity index (χ1v) is 10.3. The summed E-state index contributed by atoms with van der Waals surface area (Å²) >= 11 is 0. The van der Waals surface area contributed by atoms with Gasteiger partial charge in [-0.2, -0.15) is 0 Å². The average molecular weight is 358 g/mol. The highest BCUT2D eigenvalue weighted by atomic mass is 16.4. The zero-order chi connectivity index (χ0) is 18.6. The molecule has 0 bridgehead atoms. The Bertz CT molecular complexity index is 291. The molecule has 0 spiro atoms. The Morgan fingerprint density at radius 1 is 0.480 bits per heavy atom. The van der Waals surface area contributed by atoms with Gasteiger partial charge in [-0.3, -0.25) is 9.59 Å². The van der Waals surface area contributed by atoms with Crippen molar-refractivity contribution >= 4 is 11.9 Å². The maximum atomic E-state index is 10.4. The smallest absolute Gasteiger partial charge is 0.303 e. The van der Waals surface area contributed by atoms with Crippen LogP contribution in [0.15, 0.2) is 0 Å². The zero-order valence-corrected chi connectivity index (χ0v) is 15.9. The molecule has 0 aliphatic heterocycles. The Morgan fingerprint density at radius 3 is 1.24 bits per heavy atom. The molecule has 0 aromatic rings. The first kappa shape index (κ1) is 23.9. The summed E-state index contributed by atoms with van der Waals surface area (Å²) in [6.45, 7) is 1.82. The molecule has 0 amide bonds. The Kier molecular flexibility index (Phi) is 18.4. The Morgan fingerprint density at radius 2 is 0.800 bits per heavy atom. The van der Waals surface area contributed by atoms with Crippen LogP contribution in [-0.4, -0.2) is 35.2 Å². The lowest BCUT2D eigenvalue weighted by Crippen LogP contribution is -2.17. The van der Waals surface area contributed by atoms with E-state index >= 15 is 0 Å². The van der Waals surface area contributed by atoms with Crippen LogP contribution >= 0.6 is 0 Å². The third kappa shape index (κ3) is 22.9. The van der Waals surface area contributed by atoms with Gasteiger partial charge in [-0.15, -0.1) is 0 Å². The number of aliphatic carboxylic acids is 2. The third-order valence-electron chi connectivity index (χ3n) is 4.49. The van der Waals surface area contributed by atoms with E-state index in [-0.39, 0.29) is 6.42 Å². The van der Waals surface area contributed by atoms with E-state index in [4.69, 9.17) is 10.2 Å². The van der Waals surface area contributed by atoms with E-state index in [0.29, 0.717) is 6.42 Å². The van der Waals surface area contributed by atoms with E-state index in [1.807, 2.05) is 0 Å². The number of carbonyl (C=O) groups is 2. The van der Waals surface area contributed by atoms with E-state index in [9.17, 15) is 9.59 Å². The minimum absolute atomic E-state index is 0.262. The van der Waals surface area contributed by atoms with Crippen molar-refractivity contribution < 1.29 is 19.8 Å². The topological polar surface area (TPSA) is 86.6 Å². The molecule has 0 aromatic carbocycles. The molecule has 0 radical (unpaired) electrons. The summed E-state index contributed by atoms with van der Waals surface area (Å²) in [4.78, 5) is 20.7. The SMILES string of the molecule is O=C(O)CCCCCCCCCCCCCCCNCCCC(=O)O. The maximum absolute atomic E-state index is 10.4. The second-order valence-corrected chi connectivity index (χ2v) is 6.99. The molecule has 0 saturated carbocycles. The number of carboxylic acids is 2. The van der Waals surface area contributed by atoms with Crippen molar-refractivity contribution in [1.82, 2.24) is 5.32 Å². The highest BCUT2D eigenvalue weighted by Crippen LogP contribution is 2.12. The summed E-state index contributed by atoms with van der Waals surface area (Å²) in [6.07, 6.45) is 17.3. The van der Waals surface area contributed by atoms with Gasteiger partial charge in [0.2, 0.25) is 0 Å². The molecule has 0 aliphatic rings. The predicted octanol–water partition coefficient (Wildman–Crippen LogP) is 4.99. The number of carboxylic acid groups (broad SMARTS) is 2. The van der Waals surface area contributed by atoms with Gasteiger partial charge in [-0.1, -0.05) is 70.6 Å². The molecule has 0 unspecified atom stereocenters. The molecule has 5 heteroatoms. The molecular formula is C20H39NO4. The molecule has 0 fully saturated rings. The quantitative estimate of drug-likeness (QED) is 0.267. The van der Waals surface area contributed by atoms with Crippen LogP contribution in [0.4, 0.5) is 0 Å². The van der Waals surface area contributed by atoms with Crippen LogP contribution in [-0.2, 0) is 9.59 Å². The minimum atomic E-state index is -0.711. The largest absolute Gasteiger partial charge is 0.481 e. The van der Waals surface area contributed by atoms with E-state index in [1.165, 1.54) is 70.6 Å². The monoisotopic (exact) mass is 357 g/mol. The summed E-state index contributed by atoms with van der Waals surface area (Å²) in [5, 5.41) is 20.4. The van der Waals surface area contributed by atoms with Crippen molar-refractivity contribution in [2.75, 3.05) is 13.1 Å². The van der Waals surface area contributed by atoms with Gasteiger partial charge in [0.15, 0.2) is 0 Å². The van der Waals surface area contributed by atoms with Crippen LogP contribution in [0, 0.1) is 0 Å². The van der Waals surface area contributed by atoms with Gasteiger partial charge in [0.1, 0.15) is 0 Å². The van der Waals surface area contributed by atoms with Gasteiger partial charge in [-0.25, -0.2) is 0 Å². The van der Waals surface area contributed by atoms with E-state index in [0.717, 1.165) is 32.4 Å². The number of unbranched alkanes of at least 4 members (excludes halogenated alkanes) is 12. The number of hydrogen-bond acceptors (Lipinski definition) is 3. The van der Waals surface area contributed by atoms with Gasteiger partial charge in [0, 0.05) is 12.8 Å². The molecule has 25 heavy (non-hydrogen) atoms. The minimum Gasteiger partial charge on any atom is -0.481 e. The van der Waals surface area contributed by atoms with Crippen LogP contribution in [0.3, 0.4) is 0 Å². The van der Waals surface area contributed by atoms with Crippen LogP contribution in [0.5, 0.6) is 0 Å². The standard InChI is InChI=1S/C20H39NO4/c22-19(23)15-12-10-8-6-4-2-1-3-5-7-9-11-13-17-21-18-14-16-20(24)25/h21H,1-18H2,(H,22,23)(H,24,25). The molecule has 3 N–H and O–H groups in total. The molecule has 0 saturated heterocycles. The van der Waals surface area contributed by atoms with E-state index in [2.05, 4.69) is 5.32 Å². The van der Waals surface area contributed by atoms with Crippen LogP contribution in [0.1, 0.15) is 103 Å². The van der Waals surface area contributed by atoms with Crippen LogP contribution < -0.4 is 5.32 Å². The molecule has 0 rings (SSSR count). The first-order valence-electron chi connectivity index (χ1n) is 10.3. The second-order valence-electron chi connectivity index (χ2n) is 6.99. The van der Waals surface area contributed by atoms with Crippen molar-refractivity contribution in [3.8, 4) is 0 Å². The first-order chi connectivity index (χ1) is 12.1. The summed E-state index contributed by atoms with van der Waals surface area (Å²) in [5.41, 5.74) is 0. The molecule has 5 nitrogen and oxygen atoms in total. The Balaban J connectivity index is 3.00. The number of hydrogen-bond donors (Lipinski definition) is 3. The molecule has 0 heterocycles. The summed E-state index contributed by atoms with van der Waals surface area (Å²) in [7, 11) is 0. The molecule has 0 aromatic heterocycles. The average Bonchev–Trinajstić information content (AvgIpc) is 2.56. The Labute approximate surface area is 153 Å². The molecule has 0 aliphatic carbocycles. The van der Waals surface area contributed by atoms with E-state index < -0.39 is 11.9 Å². The van der Waals surface area contributed by atoms with Crippen molar-refractivity contribution in [2.45, 2.75) is 103 Å². The van der Waals surface area contributed by atoms with Crippen molar-refractivity contribution in [1.29, 1.82) is 0 Å². The van der Waals surface area contributed by atoms with E-state index in [1.54, 1.807) is 0 Å².